The Morgan fingerprint density at radius 1 is 1.50 bits per heavy atom. The first-order chi connectivity index (χ1) is 7.47. The minimum atomic E-state index is -1.39. The molecule has 0 saturated heterocycles. The van der Waals surface area contributed by atoms with E-state index in [1.807, 2.05) is 0 Å². The number of alkyl carbamates (subject to hydrolysis) is 1. The van der Waals surface area contributed by atoms with Gasteiger partial charge in [-0.1, -0.05) is 12.7 Å². The minimum Gasteiger partial charge on any atom is -0.479 e. The van der Waals surface area contributed by atoms with Crippen molar-refractivity contribution < 1.29 is 24.5 Å². The van der Waals surface area contributed by atoms with E-state index >= 15 is 0 Å². The average Bonchev–Trinajstić information content (AvgIpc) is 2.22. The van der Waals surface area contributed by atoms with E-state index in [9.17, 15) is 9.59 Å². The van der Waals surface area contributed by atoms with Gasteiger partial charge in [0.2, 0.25) is 0 Å². The lowest BCUT2D eigenvalue weighted by atomic mass is 10.1. The first-order valence-electron chi connectivity index (χ1n) is 4.92. The molecule has 0 bridgehead atoms. The highest BCUT2D eigenvalue weighted by Crippen LogP contribution is 2.02. The quantitative estimate of drug-likeness (QED) is 0.555. The van der Waals surface area contributed by atoms with Gasteiger partial charge in [0, 0.05) is 6.04 Å². The van der Waals surface area contributed by atoms with Gasteiger partial charge in [-0.05, 0) is 19.8 Å². The van der Waals surface area contributed by atoms with Crippen molar-refractivity contribution in [3.8, 4) is 0 Å². The number of aliphatic hydroxyl groups is 1. The summed E-state index contributed by atoms with van der Waals surface area (Å²) < 4.78 is 4.67. The summed E-state index contributed by atoms with van der Waals surface area (Å²) in [5.41, 5.74) is 0. The van der Waals surface area contributed by atoms with Crippen LogP contribution in [0.15, 0.2) is 12.7 Å². The Labute approximate surface area is 93.9 Å². The minimum absolute atomic E-state index is 0.0816. The maximum absolute atomic E-state index is 11.0. The van der Waals surface area contributed by atoms with E-state index in [1.54, 1.807) is 6.92 Å². The lowest BCUT2D eigenvalue weighted by Gasteiger charge is -2.14. The zero-order valence-corrected chi connectivity index (χ0v) is 9.18. The fourth-order valence-electron chi connectivity index (χ4n) is 0.981. The van der Waals surface area contributed by atoms with Crippen LogP contribution in [0.1, 0.15) is 19.8 Å². The molecule has 0 aromatic rings. The number of aliphatic hydroxyl groups excluding tert-OH is 1. The van der Waals surface area contributed by atoms with Gasteiger partial charge in [-0.3, -0.25) is 0 Å². The molecule has 0 rings (SSSR count). The van der Waals surface area contributed by atoms with E-state index in [0.717, 1.165) is 0 Å². The van der Waals surface area contributed by atoms with Crippen LogP contribution < -0.4 is 5.32 Å². The lowest BCUT2D eigenvalue weighted by Crippen LogP contribution is -2.34. The number of aliphatic carboxylic acids is 1. The fourth-order valence-corrected chi connectivity index (χ4v) is 0.981. The van der Waals surface area contributed by atoms with Gasteiger partial charge < -0.3 is 20.3 Å². The molecule has 2 unspecified atom stereocenters. The van der Waals surface area contributed by atoms with Gasteiger partial charge >= 0.3 is 12.1 Å². The molecule has 6 nitrogen and oxygen atoms in total. The Bertz CT molecular complexity index is 254. The third kappa shape index (κ3) is 6.83. The maximum atomic E-state index is 11.0. The predicted octanol–water partition coefficient (Wildman–Crippen LogP) is 0.513. The highest BCUT2D eigenvalue weighted by molar-refractivity contribution is 5.71. The average molecular weight is 231 g/mol. The standard InChI is InChI=1S/C10H17NO5/c1-3-6-16-10(15)11-7(2)4-5-8(12)9(13)14/h3,7-8,12H,1,4-6H2,2H3,(H,11,15)(H,13,14). The highest BCUT2D eigenvalue weighted by atomic mass is 16.5. The number of ether oxygens (including phenoxy) is 1. The van der Waals surface area contributed by atoms with Crippen LogP contribution in [0, 0.1) is 0 Å². The second kappa shape index (κ2) is 7.70. The Kier molecular flexibility index (Phi) is 6.95. The van der Waals surface area contributed by atoms with Crippen molar-refractivity contribution in [1.82, 2.24) is 5.32 Å². The number of carboxylic acids is 1. The van der Waals surface area contributed by atoms with Gasteiger partial charge in [0.25, 0.3) is 0 Å². The van der Waals surface area contributed by atoms with Crippen molar-refractivity contribution in [1.29, 1.82) is 0 Å². The molecule has 0 aromatic heterocycles. The number of amides is 1. The second-order valence-electron chi connectivity index (χ2n) is 3.36. The van der Waals surface area contributed by atoms with Crippen LogP contribution in [0.3, 0.4) is 0 Å². The van der Waals surface area contributed by atoms with Crippen LogP contribution in [0.4, 0.5) is 4.79 Å². The lowest BCUT2D eigenvalue weighted by molar-refractivity contribution is -0.147. The first-order valence-corrected chi connectivity index (χ1v) is 4.92. The van der Waals surface area contributed by atoms with Crippen molar-refractivity contribution in [3.05, 3.63) is 12.7 Å². The Balaban J connectivity index is 3.73. The smallest absolute Gasteiger partial charge is 0.407 e. The number of hydrogen-bond donors (Lipinski definition) is 3. The van der Waals surface area contributed by atoms with Gasteiger partial charge in [-0.15, -0.1) is 0 Å². The molecule has 0 fully saturated rings. The van der Waals surface area contributed by atoms with Crippen LogP contribution in [-0.2, 0) is 9.53 Å². The van der Waals surface area contributed by atoms with E-state index in [2.05, 4.69) is 16.6 Å². The van der Waals surface area contributed by atoms with E-state index < -0.39 is 18.2 Å². The van der Waals surface area contributed by atoms with Crippen LogP contribution >= 0.6 is 0 Å². The van der Waals surface area contributed by atoms with E-state index in [0.29, 0.717) is 6.42 Å². The van der Waals surface area contributed by atoms with E-state index in [1.165, 1.54) is 6.08 Å². The molecule has 92 valence electrons. The Morgan fingerprint density at radius 2 is 2.12 bits per heavy atom. The number of carboxylic acid groups (broad SMARTS) is 1. The fraction of sp³-hybridized carbons (Fsp3) is 0.600. The van der Waals surface area contributed by atoms with Gasteiger partial charge in [0.15, 0.2) is 6.10 Å². The summed E-state index contributed by atoms with van der Waals surface area (Å²) in [6.45, 7) is 5.21. The van der Waals surface area contributed by atoms with Crippen molar-refractivity contribution in [2.75, 3.05) is 6.61 Å². The summed E-state index contributed by atoms with van der Waals surface area (Å²) in [6, 6.07) is -0.258. The number of carbonyl (C=O) groups is 2. The molecule has 0 aliphatic heterocycles. The molecule has 0 aliphatic rings. The molecular formula is C10H17NO5. The number of hydrogen-bond acceptors (Lipinski definition) is 4. The first kappa shape index (κ1) is 14.4. The molecule has 3 N–H and O–H groups in total. The molecular weight excluding hydrogens is 214 g/mol. The molecule has 1 amide bonds. The van der Waals surface area contributed by atoms with Crippen molar-refractivity contribution in [3.63, 3.8) is 0 Å². The number of rotatable bonds is 7. The van der Waals surface area contributed by atoms with Crippen molar-refractivity contribution in [2.45, 2.75) is 31.9 Å². The Morgan fingerprint density at radius 3 is 2.62 bits per heavy atom. The summed E-state index contributed by atoms with van der Waals surface area (Å²) in [4.78, 5) is 21.3. The highest BCUT2D eigenvalue weighted by Gasteiger charge is 2.15. The molecule has 0 aromatic carbocycles. The summed E-state index contributed by atoms with van der Waals surface area (Å²) in [5, 5.41) is 19.9. The van der Waals surface area contributed by atoms with Crippen LogP contribution in [-0.4, -0.2) is 41.0 Å². The van der Waals surface area contributed by atoms with Crippen LogP contribution in [0.5, 0.6) is 0 Å². The zero-order chi connectivity index (χ0) is 12.6. The second-order valence-corrected chi connectivity index (χ2v) is 3.36. The molecule has 16 heavy (non-hydrogen) atoms. The largest absolute Gasteiger partial charge is 0.479 e. The van der Waals surface area contributed by atoms with Gasteiger partial charge in [0.05, 0.1) is 0 Å². The normalized spacial score (nSPS) is 13.6. The molecule has 6 heteroatoms. The monoisotopic (exact) mass is 231 g/mol. The topological polar surface area (TPSA) is 95.9 Å². The number of nitrogens with one attached hydrogen (secondary N) is 1. The van der Waals surface area contributed by atoms with E-state index in [4.69, 9.17) is 10.2 Å². The van der Waals surface area contributed by atoms with Crippen LogP contribution in [0.25, 0.3) is 0 Å². The molecule has 0 aliphatic carbocycles. The third-order valence-electron chi connectivity index (χ3n) is 1.85. The molecule has 2 atom stereocenters. The van der Waals surface area contributed by atoms with Gasteiger partial charge in [-0.2, -0.15) is 0 Å². The van der Waals surface area contributed by atoms with Gasteiger partial charge in [0.1, 0.15) is 6.61 Å². The molecule has 0 heterocycles. The predicted molar refractivity (Wildman–Crippen MR) is 57.0 cm³/mol. The van der Waals surface area contributed by atoms with E-state index in [-0.39, 0.29) is 19.1 Å². The summed E-state index contributed by atoms with van der Waals surface area (Å²) in [7, 11) is 0. The van der Waals surface area contributed by atoms with Crippen molar-refractivity contribution in [2.24, 2.45) is 0 Å². The van der Waals surface area contributed by atoms with Gasteiger partial charge in [-0.25, -0.2) is 9.59 Å². The van der Waals surface area contributed by atoms with Crippen LogP contribution in [0.2, 0.25) is 0 Å². The molecule has 0 radical (unpaired) electrons. The number of carbonyl (C=O) groups excluding carboxylic acids is 1. The Hall–Kier alpha value is -1.56. The molecule has 0 saturated carbocycles. The molecule has 0 spiro atoms. The summed E-state index contributed by atoms with van der Waals surface area (Å²) >= 11 is 0. The zero-order valence-electron chi connectivity index (χ0n) is 9.18. The summed E-state index contributed by atoms with van der Waals surface area (Å²) in [5.74, 6) is -1.26. The SMILES string of the molecule is C=CCOC(=O)NC(C)CCC(O)C(=O)O. The summed E-state index contributed by atoms with van der Waals surface area (Å²) in [6.07, 6.45) is -0.0986. The third-order valence-corrected chi connectivity index (χ3v) is 1.85. The maximum Gasteiger partial charge on any atom is 0.407 e. The van der Waals surface area contributed by atoms with Crippen molar-refractivity contribution >= 4 is 12.1 Å².